The first-order valence-corrected chi connectivity index (χ1v) is 9.82. The van der Waals surface area contributed by atoms with Crippen molar-refractivity contribution in [2.24, 2.45) is 5.92 Å². The van der Waals surface area contributed by atoms with Crippen LogP contribution in [0.3, 0.4) is 0 Å². The summed E-state index contributed by atoms with van der Waals surface area (Å²) in [5.41, 5.74) is 5.54. The van der Waals surface area contributed by atoms with Crippen LogP contribution in [0.1, 0.15) is 42.5 Å². The maximum Gasteiger partial charge on any atom is -0.0190 e. The van der Waals surface area contributed by atoms with Crippen LogP contribution < -0.4 is 10.6 Å². The lowest BCUT2D eigenvalue weighted by atomic mass is 10.1. The molecule has 0 saturated carbocycles. The van der Waals surface area contributed by atoms with E-state index in [0.29, 0.717) is 0 Å². The lowest BCUT2D eigenvalue weighted by Gasteiger charge is -2.22. The molecule has 2 aromatic carbocycles. The zero-order valence-electron chi connectivity index (χ0n) is 15.3. The van der Waals surface area contributed by atoms with Crippen LogP contribution in [-0.4, -0.2) is 6.16 Å². The van der Waals surface area contributed by atoms with Crippen LogP contribution in [-0.2, 0) is 0 Å². The summed E-state index contributed by atoms with van der Waals surface area (Å²) in [5.74, 6) is 0.766. The number of hydrogen-bond acceptors (Lipinski definition) is 0. The normalized spacial score (nSPS) is 11.0. The SMILES string of the molecule is Cc1cc(C)cc(P(CCC(C)C)c2cc(C)cc(C)c2)c1.Cl. The molecule has 0 aliphatic carbocycles. The molecule has 23 heavy (non-hydrogen) atoms. The molecular weight excluding hydrogens is 319 g/mol. The first kappa shape index (κ1) is 20.2. The highest BCUT2D eigenvalue weighted by atomic mass is 35.5. The molecule has 126 valence electrons. The van der Waals surface area contributed by atoms with Gasteiger partial charge in [0.05, 0.1) is 0 Å². The topological polar surface area (TPSA) is 0 Å². The van der Waals surface area contributed by atoms with E-state index in [9.17, 15) is 0 Å². The van der Waals surface area contributed by atoms with Gasteiger partial charge in [-0.15, -0.1) is 12.4 Å². The minimum atomic E-state index is -0.248. The molecule has 0 radical (unpaired) electrons. The van der Waals surface area contributed by atoms with Crippen LogP contribution in [0.4, 0.5) is 0 Å². The predicted octanol–water partition coefficient (Wildman–Crippen LogP) is 5.82. The van der Waals surface area contributed by atoms with Crippen molar-refractivity contribution in [3.8, 4) is 0 Å². The fourth-order valence-electron chi connectivity index (χ4n) is 3.01. The molecule has 2 aromatic rings. The van der Waals surface area contributed by atoms with Gasteiger partial charge in [0.1, 0.15) is 0 Å². The Morgan fingerprint density at radius 2 is 1.04 bits per heavy atom. The van der Waals surface area contributed by atoms with E-state index in [-0.39, 0.29) is 20.3 Å². The van der Waals surface area contributed by atoms with Crippen LogP contribution in [0.5, 0.6) is 0 Å². The summed E-state index contributed by atoms with van der Waals surface area (Å²) in [6.45, 7) is 13.5. The Morgan fingerprint density at radius 1 is 0.696 bits per heavy atom. The Hall–Kier alpha value is -0.840. The lowest BCUT2D eigenvalue weighted by molar-refractivity contribution is 0.631. The summed E-state index contributed by atoms with van der Waals surface area (Å²) >= 11 is 0. The Kier molecular flexibility index (Phi) is 7.78. The van der Waals surface area contributed by atoms with Crippen LogP contribution in [0.25, 0.3) is 0 Å². The van der Waals surface area contributed by atoms with Gasteiger partial charge in [-0.1, -0.05) is 72.5 Å². The fraction of sp³-hybridized carbons (Fsp3) is 0.429. The monoisotopic (exact) mass is 348 g/mol. The molecule has 0 nitrogen and oxygen atoms in total. The second-order valence-corrected chi connectivity index (χ2v) is 9.36. The van der Waals surface area contributed by atoms with Crippen molar-refractivity contribution in [1.29, 1.82) is 0 Å². The zero-order chi connectivity index (χ0) is 16.3. The average Bonchev–Trinajstić information content (AvgIpc) is 2.36. The van der Waals surface area contributed by atoms with Gasteiger partial charge in [0.2, 0.25) is 0 Å². The second-order valence-electron chi connectivity index (χ2n) is 7.03. The van der Waals surface area contributed by atoms with E-state index in [4.69, 9.17) is 0 Å². The Balaban J connectivity index is 0.00000264. The molecule has 0 heterocycles. The molecule has 0 unspecified atom stereocenters. The molecule has 0 aromatic heterocycles. The molecule has 0 fully saturated rings. The van der Waals surface area contributed by atoms with E-state index in [2.05, 4.69) is 77.9 Å². The average molecular weight is 349 g/mol. The molecule has 2 heteroatoms. The molecule has 0 aliphatic heterocycles. The number of hydrogen-bond donors (Lipinski definition) is 0. The summed E-state index contributed by atoms with van der Waals surface area (Å²) in [5, 5.41) is 3.08. The molecule has 0 atom stereocenters. The largest absolute Gasteiger partial charge is 0.147 e. The van der Waals surface area contributed by atoms with Crippen molar-refractivity contribution in [3.63, 3.8) is 0 Å². The highest BCUT2D eigenvalue weighted by Gasteiger charge is 2.16. The molecule has 0 N–H and O–H groups in total. The zero-order valence-corrected chi connectivity index (χ0v) is 17.0. The maximum atomic E-state index is 2.40. The summed E-state index contributed by atoms with van der Waals surface area (Å²) < 4.78 is 0. The van der Waals surface area contributed by atoms with Gasteiger partial charge in [-0.05, 0) is 64.7 Å². The predicted molar refractivity (Wildman–Crippen MR) is 110 cm³/mol. The van der Waals surface area contributed by atoms with Crippen LogP contribution in [0.2, 0.25) is 0 Å². The maximum absolute atomic E-state index is 2.40. The van der Waals surface area contributed by atoms with Crippen LogP contribution in [0.15, 0.2) is 36.4 Å². The number of halogens is 1. The van der Waals surface area contributed by atoms with Crippen molar-refractivity contribution in [2.75, 3.05) is 6.16 Å². The lowest BCUT2D eigenvalue weighted by Crippen LogP contribution is -2.16. The van der Waals surface area contributed by atoms with E-state index >= 15 is 0 Å². The first-order chi connectivity index (χ1) is 10.3. The van der Waals surface area contributed by atoms with Crippen molar-refractivity contribution < 1.29 is 0 Å². The van der Waals surface area contributed by atoms with Crippen LogP contribution in [0, 0.1) is 33.6 Å². The van der Waals surface area contributed by atoms with E-state index in [1.54, 1.807) is 0 Å². The Labute approximate surface area is 149 Å². The quantitative estimate of drug-likeness (QED) is 0.597. The van der Waals surface area contributed by atoms with E-state index < -0.39 is 0 Å². The van der Waals surface area contributed by atoms with Crippen LogP contribution >= 0.6 is 20.3 Å². The summed E-state index contributed by atoms with van der Waals surface area (Å²) in [7, 11) is -0.248. The standard InChI is InChI=1S/C21H29P.ClH/c1-15(2)7-8-22(20-11-16(3)9-17(4)12-20)21-13-18(5)10-19(6)14-21;/h9-15H,7-8H2,1-6H3;1H. The van der Waals surface area contributed by atoms with E-state index in [1.807, 2.05) is 0 Å². The van der Waals surface area contributed by atoms with Crippen molar-refractivity contribution >= 4 is 30.9 Å². The van der Waals surface area contributed by atoms with E-state index in [0.717, 1.165) is 5.92 Å². The van der Waals surface area contributed by atoms with Gasteiger partial charge in [-0.2, -0.15) is 0 Å². The Morgan fingerprint density at radius 3 is 1.35 bits per heavy atom. The van der Waals surface area contributed by atoms with Gasteiger partial charge in [0, 0.05) is 0 Å². The summed E-state index contributed by atoms with van der Waals surface area (Å²) in [6.07, 6.45) is 2.59. The highest BCUT2D eigenvalue weighted by molar-refractivity contribution is 7.73. The van der Waals surface area contributed by atoms with Gasteiger partial charge in [0.25, 0.3) is 0 Å². The smallest absolute Gasteiger partial charge is 0.0190 e. The van der Waals surface area contributed by atoms with Crippen molar-refractivity contribution in [1.82, 2.24) is 0 Å². The molecule has 0 spiro atoms. The minimum absolute atomic E-state index is 0. The summed E-state index contributed by atoms with van der Waals surface area (Å²) in [6, 6.07) is 14.2. The van der Waals surface area contributed by atoms with Crippen molar-refractivity contribution in [2.45, 2.75) is 48.0 Å². The Bertz CT molecular complexity index is 554. The fourth-order valence-corrected chi connectivity index (χ4v) is 6.03. The molecule has 0 saturated heterocycles. The number of benzene rings is 2. The van der Waals surface area contributed by atoms with Gasteiger partial charge in [-0.25, -0.2) is 0 Å². The third-order valence-corrected chi connectivity index (χ3v) is 6.43. The third-order valence-electron chi connectivity index (χ3n) is 3.97. The highest BCUT2D eigenvalue weighted by Crippen LogP contribution is 2.36. The van der Waals surface area contributed by atoms with Crippen molar-refractivity contribution in [3.05, 3.63) is 58.7 Å². The molecule has 0 amide bonds. The van der Waals surface area contributed by atoms with Gasteiger partial charge < -0.3 is 0 Å². The summed E-state index contributed by atoms with van der Waals surface area (Å²) in [4.78, 5) is 0. The van der Waals surface area contributed by atoms with Gasteiger partial charge in [-0.3, -0.25) is 0 Å². The third kappa shape index (κ3) is 5.94. The first-order valence-electron chi connectivity index (χ1n) is 8.29. The molecule has 0 bridgehead atoms. The molecular formula is C21H30ClP. The molecule has 2 rings (SSSR count). The number of aryl methyl sites for hydroxylation is 4. The minimum Gasteiger partial charge on any atom is -0.147 e. The number of rotatable bonds is 5. The van der Waals surface area contributed by atoms with Gasteiger partial charge in [0.15, 0.2) is 0 Å². The van der Waals surface area contributed by atoms with E-state index in [1.165, 1.54) is 45.4 Å². The second kappa shape index (κ2) is 8.86. The van der Waals surface area contributed by atoms with Gasteiger partial charge >= 0.3 is 0 Å². The molecule has 0 aliphatic rings.